The van der Waals surface area contributed by atoms with Crippen LogP contribution in [0.3, 0.4) is 0 Å². The minimum atomic E-state index is -5.96. The topological polar surface area (TPSA) is 47.9 Å². The van der Waals surface area contributed by atoms with Crippen molar-refractivity contribution >= 4 is 18.1 Å². The predicted octanol–water partition coefficient (Wildman–Crippen LogP) is 10.7. The third kappa shape index (κ3) is 9.58. The fourth-order valence-electron chi connectivity index (χ4n) is 5.83. The van der Waals surface area contributed by atoms with Crippen molar-refractivity contribution in [2.24, 2.45) is 10.8 Å². The zero-order chi connectivity index (χ0) is 37.3. The van der Waals surface area contributed by atoms with E-state index < -0.39 is 41.6 Å². The Morgan fingerprint density at radius 3 is 1.67 bits per heavy atom. The first-order chi connectivity index (χ1) is 22.3. The van der Waals surface area contributed by atoms with Gasteiger partial charge in [-0.1, -0.05) is 84.0 Å². The summed E-state index contributed by atoms with van der Waals surface area (Å²) in [5.41, 5.74) is -2.55. The molecule has 0 radical (unpaired) electrons. The molecule has 0 fully saturated rings. The molecule has 0 amide bonds. The van der Waals surface area contributed by atoms with E-state index in [0.717, 1.165) is 28.8 Å². The van der Waals surface area contributed by atoms with Crippen LogP contribution in [0.25, 0.3) is 11.1 Å². The monoisotopic (exact) mass is 728 g/mol. The van der Waals surface area contributed by atoms with Gasteiger partial charge in [0.15, 0.2) is 18.1 Å². The number of hydrogen-bond acceptors (Lipinski definition) is 4. The van der Waals surface area contributed by atoms with Gasteiger partial charge in [0, 0.05) is 5.56 Å². The van der Waals surface area contributed by atoms with Crippen molar-refractivity contribution in [1.29, 1.82) is 0 Å². The summed E-state index contributed by atoms with van der Waals surface area (Å²) in [5, 5.41) is 9.85. The van der Waals surface area contributed by atoms with Crippen molar-refractivity contribution in [2.75, 3.05) is 0 Å². The number of aryl methyl sites for hydroxylation is 1. The first-order valence-corrected chi connectivity index (χ1v) is 22.0. The molecule has 4 nitrogen and oxygen atoms in total. The molecule has 0 aromatic heterocycles. The van der Waals surface area contributed by atoms with E-state index in [1.807, 2.05) is 6.07 Å². The second-order valence-electron chi connectivity index (χ2n) is 15.4. The molecule has 49 heavy (non-hydrogen) atoms. The minimum absolute atomic E-state index is 0.129. The Kier molecular flexibility index (Phi) is 12.4. The summed E-state index contributed by atoms with van der Waals surface area (Å²) in [7, 11) is -2.88. The van der Waals surface area contributed by atoms with E-state index in [1.165, 1.54) is 6.92 Å². The van der Waals surface area contributed by atoms with Gasteiger partial charge in [0.1, 0.15) is 12.4 Å². The van der Waals surface area contributed by atoms with Gasteiger partial charge in [-0.3, -0.25) is 0 Å². The summed E-state index contributed by atoms with van der Waals surface area (Å²) in [4.78, 5) is 0. The summed E-state index contributed by atoms with van der Waals surface area (Å²) in [6.45, 7) is 23.2. The van der Waals surface area contributed by atoms with Gasteiger partial charge in [0.2, 0.25) is 0 Å². The van der Waals surface area contributed by atoms with E-state index in [1.54, 1.807) is 24.3 Å². The van der Waals surface area contributed by atoms with Gasteiger partial charge in [0.05, 0.1) is 12.2 Å². The molecule has 3 aromatic carbocycles. The minimum Gasteiger partial charge on any atom is -0.489 e. The Hall–Kier alpha value is -2.65. The largest absolute Gasteiger partial charge is 0.489 e. The maximum absolute atomic E-state index is 13.5. The number of hydrogen-bond donors (Lipinski definition) is 1. The molecule has 0 aliphatic heterocycles. The maximum atomic E-state index is 13.5. The zero-order valence-corrected chi connectivity index (χ0v) is 32.5. The molecule has 1 N–H and O–H groups in total. The highest BCUT2D eigenvalue weighted by Crippen LogP contribution is 2.51. The van der Waals surface area contributed by atoms with E-state index >= 15 is 0 Å². The molecule has 2 unspecified atom stereocenters. The average Bonchev–Trinajstić information content (AvgIpc) is 2.95. The second-order valence-corrected chi connectivity index (χ2v) is 20.1. The molecule has 0 saturated heterocycles. The molecule has 272 valence electrons. The van der Waals surface area contributed by atoms with Gasteiger partial charge >= 0.3 is 12.4 Å². The third-order valence-electron chi connectivity index (χ3n) is 8.12. The van der Waals surface area contributed by atoms with Crippen LogP contribution < -0.4 is 4.74 Å². The lowest BCUT2D eigenvalue weighted by atomic mass is 9.77. The van der Waals surface area contributed by atoms with E-state index in [2.05, 4.69) is 79.9 Å². The van der Waals surface area contributed by atoms with Crippen molar-refractivity contribution in [2.45, 2.75) is 111 Å². The second kappa shape index (κ2) is 14.9. The fraction of sp³-hybridized carbons (Fsp3) is 0.514. The Morgan fingerprint density at radius 2 is 1.20 bits per heavy atom. The number of ether oxygens (including phenoxy) is 1. The maximum Gasteiger partial charge on any atom is 0.430 e. The van der Waals surface area contributed by atoms with Crippen LogP contribution in [0.1, 0.15) is 81.6 Å². The Bertz CT molecular complexity index is 1560. The molecule has 0 aliphatic rings. The summed E-state index contributed by atoms with van der Waals surface area (Å²) in [5.74, 6) is 0.466. The lowest BCUT2D eigenvalue weighted by Gasteiger charge is -2.39. The first-order valence-electron chi connectivity index (χ1n) is 16.4. The van der Waals surface area contributed by atoms with Crippen molar-refractivity contribution in [3.8, 4) is 16.9 Å². The SMILES string of the molecule is Cc1cc(C(O)(C(F)(F)F)C(F)(F)F)ccc1-c1cccc(OCc2ccc(C(O[SiH](C)C)C(C)(C)C)c(C(O[SiH](C)C)C(C)(C)C)c2)c1. The zero-order valence-electron chi connectivity index (χ0n) is 30.2. The van der Waals surface area contributed by atoms with Crippen LogP contribution in [0.15, 0.2) is 60.7 Å². The van der Waals surface area contributed by atoms with Crippen molar-refractivity contribution in [1.82, 2.24) is 0 Å². The van der Waals surface area contributed by atoms with Crippen LogP contribution in [0, 0.1) is 17.8 Å². The van der Waals surface area contributed by atoms with Crippen LogP contribution in [-0.4, -0.2) is 35.5 Å². The molecule has 0 saturated carbocycles. The Morgan fingerprint density at radius 1 is 0.673 bits per heavy atom. The van der Waals surface area contributed by atoms with Crippen LogP contribution in [0.2, 0.25) is 26.2 Å². The van der Waals surface area contributed by atoms with Gasteiger partial charge in [-0.15, -0.1) is 0 Å². The molecule has 12 heteroatoms. The van der Waals surface area contributed by atoms with Gasteiger partial charge in [-0.2, -0.15) is 26.3 Å². The molecular formula is C37H50F6O4Si2. The van der Waals surface area contributed by atoms with E-state index in [0.29, 0.717) is 22.9 Å². The van der Waals surface area contributed by atoms with Crippen LogP contribution in [0.5, 0.6) is 5.75 Å². The number of halogens is 6. The summed E-state index contributed by atoms with van der Waals surface area (Å²) in [6.07, 6.45) is -12.2. The molecule has 3 rings (SSSR count). The molecule has 0 heterocycles. The molecular weight excluding hydrogens is 679 g/mol. The van der Waals surface area contributed by atoms with Crippen LogP contribution >= 0.6 is 0 Å². The third-order valence-corrected chi connectivity index (χ3v) is 9.75. The summed E-state index contributed by atoms with van der Waals surface area (Å²) >= 11 is 0. The van der Waals surface area contributed by atoms with E-state index in [9.17, 15) is 31.4 Å². The van der Waals surface area contributed by atoms with Crippen molar-refractivity contribution in [3.05, 3.63) is 88.5 Å². The highest BCUT2D eigenvalue weighted by Gasteiger charge is 2.71. The smallest absolute Gasteiger partial charge is 0.430 e. The van der Waals surface area contributed by atoms with Crippen LogP contribution in [-0.2, 0) is 21.1 Å². The van der Waals surface area contributed by atoms with Crippen LogP contribution in [0.4, 0.5) is 26.3 Å². The van der Waals surface area contributed by atoms with Gasteiger partial charge in [0.25, 0.3) is 5.60 Å². The first kappa shape index (κ1) is 40.8. The number of rotatable bonds is 11. The van der Waals surface area contributed by atoms with E-state index in [-0.39, 0.29) is 35.2 Å². The van der Waals surface area contributed by atoms with Gasteiger partial charge < -0.3 is 18.7 Å². The number of benzene rings is 3. The molecule has 0 aliphatic carbocycles. The summed E-state index contributed by atoms with van der Waals surface area (Å²) in [6, 6.07) is 15.6. The Labute approximate surface area is 290 Å². The molecule has 2 atom stereocenters. The van der Waals surface area contributed by atoms with E-state index in [4.69, 9.17) is 13.6 Å². The Balaban J connectivity index is 2.01. The van der Waals surface area contributed by atoms with Gasteiger partial charge in [-0.05, 0) is 95.5 Å². The summed E-state index contributed by atoms with van der Waals surface area (Å²) < 4.78 is 100. The normalized spacial score (nSPS) is 14.8. The number of alkyl halides is 6. The highest BCUT2D eigenvalue weighted by atomic mass is 28.3. The number of aliphatic hydroxyl groups is 1. The predicted molar refractivity (Wildman–Crippen MR) is 188 cm³/mol. The fourth-order valence-corrected chi connectivity index (χ4v) is 8.03. The van der Waals surface area contributed by atoms with Crippen molar-refractivity contribution in [3.63, 3.8) is 0 Å². The highest BCUT2D eigenvalue weighted by molar-refractivity contribution is 6.48. The van der Waals surface area contributed by atoms with Crippen molar-refractivity contribution < 1.29 is 45.0 Å². The lowest BCUT2D eigenvalue weighted by Crippen LogP contribution is -2.53. The molecule has 0 bridgehead atoms. The average molecular weight is 729 g/mol. The molecule has 0 spiro atoms. The lowest BCUT2D eigenvalue weighted by molar-refractivity contribution is -0.376. The quantitative estimate of drug-likeness (QED) is 0.158. The molecule has 3 aromatic rings. The standard InChI is InChI=1S/C37H50F6O4Si2/c1-23-19-26(35(44,36(38,39)40)37(41,42)43)16-18-28(23)25-13-12-14-27(21-25)45-22-24-15-17-29(31(33(2,3)4)46-48(8)9)30(20-24)32(34(5,6)7)47-49(10)11/h12-21,31-32,44,48-49H,22H2,1-11H3. The van der Waals surface area contributed by atoms with Gasteiger partial charge in [-0.25, -0.2) is 0 Å².